The molecule has 1 aliphatic carbocycles. The van der Waals surface area contributed by atoms with Crippen molar-refractivity contribution >= 4 is 22.4 Å². The maximum atomic E-state index is 12.8. The molecule has 6 nitrogen and oxygen atoms in total. The summed E-state index contributed by atoms with van der Waals surface area (Å²) in [5, 5.41) is 12.3. The second-order valence-electron chi connectivity index (χ2n) is 7.69. The maximum Gasteiger partial charge on any atom is 0.225 e. The van der Waals surface area contributed by atoms with Crippen LogP contribution in [0.25, 0.3) is 0 Å². The molecule has 7 heteroatoms. The zero-order chi connectivity index (χ0) is 17.2. The first-order valence-corrected chi connectivity index (χ1v) is 9.93. The van der Waals surface area contributed by atoms with Gasteiger partial charge in [0, 0.05) is 12.6 Å². The van der Waals surface area contributed by atoms with E-state index in [0.717, 1.165) is 30.9 Å². The molecule has 0 bridgehead atoms. The zero-order valence-electron chi connectivity index (χ0n) is 14.8. The van der Waals surface area contributed by atoms with Crippen molar-refractivity contribution in [3.05, 3.63) is 5.01 Å². The summed E-state index contributed by atoms with van der Waals surface area (Å²) in [6.45, 7) is 5.97. The first-order chi connectivity index (χ1) is 11.5. The van der Waals surface area contributed by atoms with Crippen molar-refractivity contribution in [2.75, 3.05) is 18.8 Å². The van der Waals surface area contributed by atoms with Crippen LogP contribution in [0, 0.1) is 5.92 Å². The number of nitrogens with one attached hydrogen (secondary N) is 1. The first kappa shape index (κ1) is 17.6. The molecule has 0 spiro atoms. The summed E-state index contributed by atoms with van der Waals surface area (Å²) in [6.07, 6.45) is 8.72. The van der Waals surface area contributed by atoms with Crippen molar-refractivity contribution in [1.29, 1.82) is 0 Å². The van der Waals surface area contributed by atoms with Gasteiger partial charge in [0.2, 0.25) is 11.0 Å². The third kappa shape index (κ3) is 4.06. The highest BCUT2D eigenvalue weighted by Gasteiger charge is 2.34. The average Bonchev–Trinajstić information content (AvgIpc) is 3.03. The Bertz CT molecular complexity index is 567. The number of nitrogen functional groups attached to an aromatic ring is 1. The summed E-state index contributed by atoms with van der Waals surface area (Å²) in [7, 11) is 0. The first-order valence-electron chi connectivity index (χ1n) is 9.11. The highest BCUT2D eigenvalue weighted by Crippen LogP contribution is 2.29. The summed E-state index contributed by atoms with van der Waals surface area (Å²) < 4.78 is 0. The normalized spacial score (nSPS) is 24.0. The van der Waals surface area contributed by atoms with Crippen molar-refractivity contribution < 1.29 is 4.79 Å². The van der Waals surface area contributed by atoms with Crippen LogP contribution in [0.4, 0.5) is 5.13 Å². The van der Waals surface area contributed by atoms with Crippen LogP contribution in [0.1, 0.15) is 63.8 Å². The Morgan fingerprint density at radius 1 is 1.21 bits per heavy atom. The lowest BCUT2D eigenvalue weighted by Crippen LogP contribution is -2.50. The molecule has 24 heavy (non-hydrogen) atoms. The van der Waals surface area contributed by atoms with Gasteiger partial charge in [0.05, 0.1) is 11.5 Å². The number of piperidine rings is 1. The third-order valence-electron chi connectivity index (χ3n) is 5.33. The topological polar surface area (TPSA) is 84.1 Å². The highest BCUT2D eigenvalue weighted by atomic mass is 32.1. The number of rotatable bonds is 4. The van der Waals surface area contributed by atoms with E-state index in [9.17, 15) is 4.79 Å². The number of hydrogen-bond donors (Lipinski definition) is 2. The largest absolute Gasteiger partial charge is 0.374 e. The van der Waals surface area contributed by atoms with E-state index >= 15 is 0 Å². The minimum Gasteiger partial charge on any atom is -0.374 e. The lowest BCUT2D eigenvalue weighted by molar-refractivity contribution is -0.128. The summed E-state index contributed by atoms with van der Waals surface area (Å²) in [6, 6.07) is 0.685. The van der Waals surface area contributed by atoms with Crippen LogP contribution in [0.15, 0.2) is 0 Å². The van der Waals surface area contributed by atoms with Crippen molar-refractivity contribution in [3.63, 3.8) is 0 Å². The fourth-order valence-corrected chi connectivity index (χ4v) is 4.62. The summed E-state index contributed by atoms with van der Waals surface area (Å²) in [4.78, 5) is 15.4. The summed E-state index contributed by atoms with van der Waals surface area (Å²) >= 11 is 1.34. The number of amides is 1. The van der Waals surface area contributed by atoms with Gasteiger partial charge in [-0.2, -0.15) is 0 Å². The smallest absolute Gasteiger partial charge is 0.225 e. The van der Waals surface area contributed by atoms with E-state index in [1.165, 1.54) is 43.4 Å². The molecule has 1 aromatic heterocycles. The number of aromatic nitrogens is 2. The molecule has 1 aliphatic heterocycles. The van der Waals surface area contributed by atoms with Gasteiger partial charge in [-0.05, 0) is 46.1 Å². The fourth-order valence-electron chi connectivity index (χ4n) is 3.95. The van der Waals surface area contributed by atoms with E-state index in [4.69, 9.17) is 5.73 Å². The molecular weight excluding hydrogens is 322 g/mol. The summed E-state index contributed by atoms with van der Waals surface area (Å²) in [5.74, 6) is 0.208. The molecule has 2 aliphatic rings. The Balaban J connectivity index is 1.59. The van der Waals surface area contributed by atoms with Crippen LogP contribution in [-0.4, -0.2) is 40.1 Å². The van der Waals surface area contributed by atoms with Crippen molar-refractivity contribution in [2.45, 2.75) is 70.4 Å². The van der Waals surface area contributed by atoms with Gasteiger partial charge in [-0.25, -0.2) is 0 Å². The van der Waals surface area contributed by atoms with Crippen LogP contribution in [0.3, 0.4) is 0 Å². The van der Waals surface area contributed by atoms with Crippen LogP contribution < -0.4 is 11.1 Å². The fraction of sp³-hybridized carbons (Fsp3) is 0.824. The number of nitrogens with zero attached hydrogens (tertiary/aromatic N) is 3. The van der Waals surface area contributed by atoms with Crippen LogP contribution in [0.5, 0.6) is 0 Å². The van der Waals surface area contributed by atoms with E-state index in [-0.39, 0.29) is 11.8 Å². The zero-order valence-corrected chi connectivity index (χ0v) is 15.6. The summed E-state index contributed by atoms with van der Waals surface area (Å²) in [5.41, 5.74) is 5.15. The van der Waals surface area contributed by atoms with Crippen LogP contribution >= 0.6 is 11.3 Å². The minimum atomic E-state index is -0.528. The molecule has 3 N–H and O–H groups in total. The number of carbonyl (C=O) groups excluding carboxylic acids is 1. The lowest BCUT2D eigenvalue weighted by Gasteiger charge is -2.40. The molecule has 0 aromatic carbocycles. The second-order valence-corrected chi connectivity index (χ2v) is 8.69. The predicted octanol–water partition coefficient (Wildman–Crippen LogP) is 2.52. The van der Waals surface area contributed by atoms with E-state index in [2.05, 4.69) is 20.4 Å². The number of nitrogens with two attached hydrogens (primary N) is 1. The van der Waals surface area contributed by atoms with Gasteiger partial charge in [0.25, 0.3) is 0 Å². The number of hydrogen-bond acceptors (Lipinski definition) is 6. The van der Waals surface area contributed by atoms with Crippen molar-refractivity contribution in [1.82, 2.24) is 20.4 Å². The van der Waals surface area contributed by atoms with Crippen LogP contribution in [-0.2, 0) is 10.3 Å². The second kappa shape index (κ2) is 7.35. The van der Waals surface area contributed by atoms with Crippen molar-refractivity contribution in [2.24, 2.45) is 5.92 Å². The SMILES string of the molecule is CC(C)(NC(=O)[C@@H]1CCCN(C2CCCCC2)C1)c1nnc(N)s1. The molecule has 134 valence electrons. The highest BCUT2D eigenvalue weighted by molar-refractivity contribution is 7.15. The van der Waals surface area contributed by atoms with E-state index < -0.39 is 5.54 Å². The maximum absolute atomic E-state index is 12.8. The molecule has 1 saturated heterocycles. The minimum absolute atomic E-state index is 0.0743. The molecule has 1 saturated carbocycles. The molecule has 1 aromatic rings. The quantitative estimate of drug-likeness (QED) is 0.871. The monoisotopic (exact) mass is 351 g/mol. The van der Waals surface area contributed by atoms with Gasteiger partial charge in [-0.1, -0.05) is 30.6 Å². The number of carbonyl (C=O) groups is 1. The van der Waals surface area contributed by atoms with Gasteiger partial charge in [0.15, 0.2) is 0 Å². The van der Waals surface area contributed by atoms with Gasteiger partial charge in [0.1, 0.15) is 5.01 Å². The van der Waals surface area contributed by atoms with Gasteiger partial charge >= 0.3 is 0 Å². The van der Waals surface area contributed by atoms with Crippen molar-refractivity contribution in [3.8, 4) is 0 Å². The standard InChI is InChI=1S/C17H29N5OS/c1-17(2,15-20-21-16(18)24-15)19-14(23)12-7-6-10-22(11-12)13-8-4-3-5-9-13/h12-13H,3-11H2,1-2H3,(H2,18,21)(H,19,23)/t12-/m1/s1. The van der Waals surface area contributed by atoms with Gasteiger partial charge in [-0.3, -0.25) is 9.69 Å². The van der Waals surface area contributed by atoms with E-state index in [0.29, 0.717) is 11.2 Å². The Hall–Kier alpha value is -1.21. The molecule has 0 unspecified atom stereocenters. The van der Waals surface area contributed by atoms with E-state index in [1.54, 1.807) is 0 Å². The average molecular weight is 352 g/mol. The predicted molar refractivity (Wildman–Crippen MR) is 96.7 cm³/mol. The Morgan fingerprint density at radius 2 is 1.96 bits per heavy atom. The molecule has 3 rings (SSSR count). The number of anilines is 1. The molecule has 2 heterocycles. The molecule has 1 amide bonds. The lowest BCUT2D eigenvalue weighted by atomic mass is 9.89. The van der Waals surface area contributed by atoms with Crippen LogP contribution in [0.2, 0.25) is 0 Å². The molecular formula is C17H29N5OS. The number of likely N-dealkylation sites (tertiary alicyclic amines) is 1. The van der Waals surface area contributed by atoms with Gasteiger partial charge < -0.3 is 11.1 Å². The Morgan fingerprint density at radius 3 is 2.62 bits per heavy atom. The Kier molecular flexibility index (Phi) is 5.39. The Labute approximate surface area is 148 Å². The molecule has 2 fully saturated rings. The molecule has 0 radical (unpaired) electrons. The van der Waals surface area contributed by atoms with E-state index in [1.807, 2.05) is 13.8 Å². The molecule has 1 atom stereocenters. The third-order valence-corrected chi connectivity index (χ3v) is 6.40. The van der Waals surface area contributed by atoms with Gasteiger partial charge in [-0.15, -0.1) is 10.2 Å².